The van der Waals surface area contributed by atoms with Gasteiger partial charge in [-0.1, -0.05) is 13.0 Å². The Labute approximate surface area is 213 Å². The van der Waals surface area contributed by atoms with Crippen LogP contribution in [0.3, 0.4) is 0 Å². The van der Waals surface area contributed by atoms with Crippen molar-refractivity contribution in [1.29, 1.82) is 0 Å². The minimum Gasteiger partial charge on any atom is -0.448 e. The van der Waals surface area contributed by atoms with Gasteiger partial charge >= 0.3 is 0 Å². The van der Waals surface area contributed by atoms with Gasteiger partial charge < -0.3 is 26.5 Å². The van der Waals surface area contributed by atoms with E-state index < -0.39 is 0 Å². The summed E-state index contributed by atoms with van der Waals surface area (Å²) in [6.07, 6.45) is 14.9. The first kappa shape index (κ1) is 23.1. The zero-order valence-corrected chi connectivity index (χ0v) is 19.9. The minimum atomic E-state index is -0.0872. The van der Waals surface area contributed by atoms with Gasteiger partial charge in [-0.3, -0.25) is 4.79 Å². The summed E-state index contributed by atoms with van der Waals surface area (Å²) in [4.78, 5) is 37.6. The molecule has 0 saturated heterocycles. The Kier molecular flexibility index (Phi) is 6.06. The lowest BCUT2D eigenvalue weighted by atomic mass is 10.2. The third-order valence-corrected chi connectivity index (χ3v) is 5.21. The molecule has 6 heterocycles. The Hall–Kier alpha value is -5.33. The second-order valence-electron chi connectivity index (χ2n) is 7.93. The maximum absolute atomic E-state index is 12.0. The van der Waals surface area contributed by atoms with Crippen molar-refractivity contribution in [1.82, 2.24) is 29.9 Å². The van der Waals surface area contributed by atoms with Gasteiger partial charge in [-0.05, 0) is 12.5 Å². The van der Waals surface area contributed by atoms with Crippen LogP contribution in [-0.2, 0) is 6.42 Å². The van der Waals surface area contributed by atoms with E-state index in [1.165, 1.54) is 43.8 Å². The molecule has 190 valence electrons. The molecule has 0 aliphatic heterocycles. The Balaban J connectivity index is 1.08. The van der Waals surface area contributed by atoms with Crippen LogP contribution in [0.4, 0.5) is 0 Å². The highest BCUT2D eigenvalue weighted by atomic mass is 16.4. The number of ketones is 1. The smallest absolute Gasteiger partial charge is 0.249 e. The van der Waals surface area contributed by atoms with E-state index >= 15 is 0 Å². The lowest BCUT2D eigenvalue weighted by Gasteiger charge is -1.89. The molecule has 0 unspecified atom stereocenters. The Morgan fingerprint density at radius 2 is 1.39 bits per heavy atom. The molecule has 0 aromatic carbocycles. The molecule has 0 radical (unpaired) electrons. The topological polar surface area (TPSA) is 173 Å². The molecule has 0 atom stereocenters. The number of hydrogen-bond donors (Lipinski definition) is 0. The highest BCUT2D eigenvalue weighted by molar-refractivity contribution is 5.94. The highest BCUT2D eigenvalue weighted by Crippen LogP contribution is 2.25. The molecule has 0 amide bonds. The van der Waals surface area contributed by atoms with Crippen LogP contribution in [0.1, 0.15) is 42.0 Å². The van der Waals surface area contributed by atoms with E-state index in [-0.39, 0.29) is 29.1 Å². The zero-order chi connectivity index (χ0) is 25.9. The van der Waals surface area contributed by atoms with Crippen LogP contribution in [0.15, 0.2) is 76.4 Å². The molecule has 0 spiro atoms. The molecular formula is C25H18N6O7. The van der Waals surface area contributed by atoms with E-state index in [1.807, 2.05) is 6.92 Å². The van der Waals surface area contributed by atoms with Crippen LogP contribution in [0.5, 0.6) is 0 Å². The molecule has 38 heavy (non-hydrogen) atoms. The molecule has 0 bridgehead atoms. The molecule has 0 aliphatic rings. The average Bonchev–Trinajstić information content (AvgIpc) is 3.77. The van der Waals surface area contributed by atoms with Gasteiger partial charge in [-0.25, -0.2) is 29.9 Å². The molecule has 6 aromatic rings. The highest BCUT2D eigenvalue weighted by Gasteiger charge is 2.18. The SMILES string of the molecule is CCCC(=O)c1coc(-c2coc(-c3coc(CC=Cc4nc(-c5nc(-c6ncco6)co5)co4)n3)n2)n1. The zero-order valence-electron chi connectivity index (χ0n) is 19.9. The van der Waals surface area contributed by atoms with E-state index in [0.717, 1.165) is 6.42 Å². The fourth-order valence-electron chi connectivity index (χ4n) is 3.43. The number of Topliss-reactive ketones (excluding diaryl/α,β-unsaturated/α-hetero) is 1. The van der Waals surface area contributed by atoms with Crippen LogP contribution in [0, 0.1) is 0 Å². The summed E-state index contributed by atoms with van der Waals surface area (Å²) in [5, 5.41) is 0. The van der Waals surface area contributed by atoms with Gasteiger partial charge in [0.25, 0.3) is 0 Å². The Bertz CT molecular complexity index is 1700. The molecule has 0 fully saturated rings. The lowest BCUT2D eigenvalue weighted by molar-refractivity contribution is 0.0977. The number of nitrogens with zero attached hydrogens (tertiary/aromatic N) is 6. The normalized spacial score (nSPS) is 11.6. The average molecular weight is 514 g/mol. The predicted octanol–water partition coefficient (Wildman–Crippen LogP) is 5.52. The quantitative estimate of drug-likeness (QED) is 0.209. The van der Waals surface area contributed by atoms with Gasteiger partial charge in [0.1, 0.15) is 43.3 Å². The molecule has 0 aliphatic carbocycles. The van der Waals surface area contributed by atoms with Gasteiger partial charge in [-0.2, -0.15) is 0 Å². The van der Waals surface area contributed by atoms with Crippen LogP contribution >= 0.6 is 0 Å². The summed E-state index contributed by atoms with van der Waals surface area (Å²) in [6, 6.07) is 0. The van der Waals surface area contributed by atoms with Crippen molar-refractivity contribution in [2.75, 3.05) is 0 Å². The lowest BCUT2D eigenvalue weighted by Crippen LogP contribution is -1.98. The summed E-state index contributed by atoms with van der Waals surface area (Å²) >= 11 is 0. The van der Waals surface area contributed by atoms with Crippen molar-refractivity contribution < 1.29 is 31.3 Å². The van der Waals surface area contributed by atoms with Gasteiger partial charge in [-0.15, -0.1) is 0 Å². The first-order chi connectivity index (χ1) is 18.7. The van der Waals surface area contributed by atoms with Crippen molar-refractivity contribution in [3.8, 4) is 46.3 Å². The third kappa shape index (κ3) is 4.72. The van der Waals surface area contributed by atoms with Gasteiger partial charge in [0.2, 0.25) is 29.5 Å². The summed E-state index contributed by atoms with van der Waals surface area (Å²) in [6.45, 7) is 1.92. The second-order valence-corrected chi connectivity index (χ2v) is 7.93. The Morgan fingerprint density at radius 3 is 2.16 bits per heavy atom. The summed E-state index contributed by atoms with van der Waals surface area (Å²) in [7, 11) is 0. The van der Waals surface area contributed by atoms with Crippen molar-refractivity contribution in [2.45, 2.75) is 26.2 Å². The largest absolute Gasteiger partial charge is 0.448 e. The van der Waals surface area contributed by atoms with E-state index in [0.29, 0.717) is 53.3 Å². The number of rotatable bonds is 10. The second kappa shape index (κ2) is 9.97. The fourth-order valence-corrected chi connectivity index (χ4v) is 3.43. The molecule has 13 nitrogen and oxygen atoms in total. The molecule has 0 N–H and O–H groups in total. The van der Waals surface area contributed by atoms with Crippen molar-refractivity contribution in [2.24, 2.45) is 0 Å². The van der Waals surface area contributed by atoms with Crippen molar-refractivity contribution in [3.63, 3.8) is 0 Å². The van der Waals surface area contributed by atoms with E-state index in [2.05, 4.69) is 29.9 Å². The first-order valence-corrected chi connectivity index (χ1v) is 11.5. The van der Waals surface area contributed by atoms with Crippen molar-refractivity contribution in [3.05, 3.63) is 67.3 Å². The number of allylic oxidation sites excluding steroid dienone is 1. The molecular weight excluding hydrogens is 496 g/mol. The summed E-state index contributed by atoms with van der Waals surface area (Å²) < 4.78 is 32.5. The molecule has 6 aromatic heterocycles. The van der Waals surface area contributed by atoms with Crippen LogP contribution in [-0.4, -0.2) is 35.7 Å². The number of oxazole rings is 6. The van der Waals surface area contributed by atoms with Gasteiger partial charge in [0.05, 0.1) is 6.20 Å². The predicted molar refractivity (Wildman–Crippen MR) is 127 cm³/mol. The maximum atomic E-state index is 12.0. The van der Waals surface area contributed by atoms with Crippen LogP contribution in [0.2, 0.25) is 0 Å². The third-order valence-electron chi connectivity index (χ3n) is 5.21. The number of aromatic nitrogens is 6. The summed E-state index contributed by atoms with van der Waals surface area (Å²) in [5.41, 5.74) is 1.89. The van der Waals surface area contributed by atoms with Crippen molar-refractivity contribution >= 4 is 11.9 Å². The first-order valence-electron chi connectivity index (χ1n) is 11.5. The summed E-state index contributed by atoms with van der Waals surface area (Å²) in [5.74, 6) is 1.73. The molecule has 13 heteroatoms. The molecule has 0 saturated carbocycles. The van der Waals surface area contributed by atoms with Gasteiger partial charge in [0.15, 0.2) is 34.4 Å². The van der Waals surface area contributed by atoms with Crippen LogP contribution in [0.25, 0.3) is 52.4 Å². The standard InChI is InChI=1S/C25H18N6O7/c1-2-4-19(32)14-9-36-25(29-14)18-13-38-24(31-18)17-11-35-21(28-17)6-3-5-20-27-16(10-34-20)23-30-15(12-37-23)22-26-7-8-33-22/h3,5,7-13H,2,4,6H2,1H3. The molecule has 6 rings (SSSR count). The van der Waals surface area contributed by atoms with Crippen LogP contribution < -0.4 is 0 Å². The number of hydrogen-bond acceptors (Lipinski definition) is 13. The van der Waals surface area contributed by atoms with E-state index in [4.69, 9.17) is 26.5 Å². The fraction of sp³-hybridized carbons (Fsp3) is 0.160. The monoisotopic (exact) mass is 514 g/mol. The number of carbonyl (C=O) groups excluding carboxylic acids is 1. The maximum Gasteiger partial charge on any atom is 0.249 e. The van der Waals surface area contributed by atoms with E-state index in [1.54, 1.807) is 12.2 Å². The van der Waals surface area contributed by atoms with Gasteiger partial charge in [0, 0.05) is 12.8 Å². The van der Waals surface area contributed by atoms with E-state index in [9.17, 15) is 4.79 Å². The number of carbonyl (C=O) groups is 1. The minimum absolute atomic E-state index is 0.0872. The Morgan fingerprint density at radius 1 is 0.737 bits per heavy atom.